The number of halogens is 1. The molecule has 0 aliphatic carbocycles. The van der Waals surface area contributed by atoms with E-state index in [-0.39, 0.29) is 12.3 Å². The van der Waals surface area contributed by atoms with Gasteiger partial charge >= 0.3 is 5.97 Å². The number of ether oxygens (including phenoxy) is 1. The molecule has 4 nitrogen and oxygen atoms in total. The largest absolute Gasteiger partial charge is 0.467 e. The van der Waals surface area contributed by atoms with Crippen LogP contribution in [0.4, 0.5) is 0 Å². The highest BCUT2D eigenvalue weighted by molar-refractivity contribution is 9.10. The maximum atomic E-state index is 11.9. The van der Waals surface area contributed by atoms with E-state index in [4.69, 9.17) is 6.42 Å². The van der Waals surface area contributed by atoms with Crippen molar-refractivity contribution in [1.29, 1.82) is 0 Å². The fourth-order valence-electron chi connectivity index (χ4n) is 1.32. The van der Waals surface area contributed by atoms with Crippen LogP contribution in [0.15, 0.2) is 28.7 Å². The average Bonchev–Trinajstić information content (AvgIpc) is 2.37. The summed E-state index contributed by atoms with van der Waals surface area (Å²) in [6, 6.07) is 6.00. The number of methoxy groups -OCH3 is 1. The minimum absolute atomic E-state index is 0.0897. The van der Waals surface area contributed by atoms with E-state index in [1.54, 1.807) is 24.3 Å². The zero-order valence-corrected chi connectivity index (χ0v) is 11.4. The summed E-state index contributed by atoms with van der Waals surface area (Å²) < 4.78 is 5.35. The van der Waals surface area contributed by atoms with Gasteiger partial charge < -0.3 is 10.1 Å². The summed E-state index contributed by atoms with van der Waals surface area (Å²) in [7, 11) is 1.25. The maximum absolute atomic E-state index is 11.9. The molecule has 1 aromatic carbocycles. The SMILES string of the molecule is C#CC[C@@H](NC(=O)c1cccc(Br)c1)C(=O)OC. The van der Waals surface area contributed by atoms with E-state index in [9.17, 15) is 9.59 Å². The number of benzene rings is 1. The molecule has 0 spiro atoms. The Morgan fingerprint density at radius 2 is 2.28 bits per heavy atom. The van der Waals surface area contributed by atoms with Gasteiger partial charge in [-0.3, -0.25) is 4.79 Å². The summed E-state index contributed by atoms with van der Waals surface area (Å²) in [5.74, 6) is 1.39. The molecule has 5 heteroatoms. The van der Waals surface area contributed by atoms with Gasteiger partial charge in [0.05, 0.1) is 7.11 Å². The number of carbonyl (C=O) groups is 2. The Hall–Kier alpha value is -1.80. The summed E-state index contributed by atoms with van der Waals surface area (Å²) in [6.45, 7) is 0. The minimum Gasteiger partial charge on any atom is -0.467 e. The molecule has 0 heterocycles. The summed E-state index contributed by atoms with van der Waals surface area (Å²) in [4.78, 5) is 23.3. The van der Waals surface area contributed by atoms with Crippen molar-refractivity contribution in [3.8, 4) is 12.3 Å². The quantitative estimate of drug-likeness (QED) is 0.681. The zero-order chi connectivity index (χ0) is 13.5. The Bertz CT molecular complexity index is 493. The number of rotatable bonds is 4. The average molecular weight is 310 g/mol. The van der Waals surface area contributed by atoms with Crippen molar-refractivity contribution in [1.82, 2.24) is 5.32 Å². The third-order valence-electron chi connectivity index (χ3n) is 2.20. The third-order valence-corrected chi connectivity index (χ3v) is 2.69. The summed E-state index contributed by atoms with van der Waals surface area (Å²) in [5.41, 5.74) is 0.440. The van der Waals surface area contributed by atoms with E-state index < -0.39 is 12.0 Å². The minimum atomic E-state index is -0.827. The summed E-state index contributed by atoms with van der Waals surface area (Å²) in [5, 5.41) is 2.54. The lowest BCUT2D eigenvalue weighted by Crippen LogP contribution is -2.41. The topological polar surface area (TPSA) is 55.4 Å². The normalized spacial score (nSPS) is 11.2. The van der Waals surface area contributed by atoms with Crippen LogP contribution >= 0.6 is 15.9 Å². The van der Waals surface area contributed by atoms with Gasteiger partial charge in [-0.2, -0.15) is 0 Å². The van der Waals surface area contributed by atoms with Gasteiger partial charge in [-0.05, 0) is 18.2 Å². The van der Waals surface area contributed by atoms with Crippen LogP contribution in [0.5, 0.6) is 0 Å². The zero-order valence-electron chi connectivity index (χ0n) is 9.77. The van der Waals surface area contributed by atoms with Gasteiger partial charge in [0.1, 0.15) is 6.04 Å². The van der Waals surface area contributed by atoms with Crippen LogP contribution in [0.3, 0.4) is 0 Å². The highest BCUT2D eigenvalue weighted by atomic mass is 79.9. The van der Waals surface area contributed by atoms with Crippen molar-refractivity contribution in [2.45, 2.75) is 12.5 Å². The molecule has 0 bridgehead atoms. The first-order valence-corrected chi connectivity index (χ1v) is 5.95. The lowest BCUT2D eigenvalue weighted by molar-refractivity contribution is -0.142. The molecule has 18 heavy (non-hydrogen) atoms. The number of hydrogen-bond acceptors (Lipinski definition) is 3. The molecule has 0 saturated heterocycles. The number of terminal acetylenes is 1. The summed E-state index contributed by atoms with van der Waals surface area (Å²) >= 11 is 3.27. The molecule has 0 radical (unpaired) electrons. The molecule has 0 aromatic heterocycles. The van der Waals surface area contributed by atoms with Crippen LogP contribution in [0.25, 0.3) is 0 Å². The first-order valence-electron chi connectivity index (χ1n) is 5.16. The summed E-state index contributed by atoms with van der Waals surface area (Å²) in [6.07, 6.45) is 5.23. The molecular weight excluding hydrogens is 298 g/mol. The van der Waals surface area contributed by atoms with Crippen molar-refractivity contribution in [2.24, 2.45) is 0 Å². The van der Waals surface area contributed by atoms with Crippen molar-refractivity contribution < 1.29 is 14.3 Å². The molecule has 94 valence electrons. The molecule has 1 atom stereocenters. The Morgan fingerprint density at radius 1 is 1.56 bits per heavy atom. The van der Waals surface area contributed by atoms with Gasteiger partial charge in [-0.15, -0.1) is 12.3 Å². The molecule has 1 amide bonds. The molecule has 0 fully saturated rings. The maximum Gasteiger partial charge on any atom is 0.329 e. The lowest BCUT2D eigenvalue weighted by Gasteiger charge is -2.14. The van der Waals surface area contributed by atoms with E-state index in [1.165, 1.54) is 7.11 Å². The molecule has 1 N–H and O–H groups in total. The smallest absolute Gasteiger partial charge is 0.329 e. The fourth-order valence-corrected chi connectivity index (χ4v) is 1.72. The Labute approximate surface area is 114 Å². The monoisotopic (exact) mass is 309 g/mol. The third kappa shape index (κ3) is 3.90. The molecule has 0 saturated carbocycles. The molecule has 1 rings (SSSR count). The Morgan fingerprint density at radius 3 is 2.83 bits per heavy atom. The number of amides is 1. The van der Waals surface area contributed by atoms with E-state index in [1.807, 2.05) is 0 Å². The van der Waals surface area contributed by atoms with Crippen LogP contribution < -0.4 is 5.32 Å². The highest BCUT2D eigenvalue weighted by Crippen LogP contribution is 2.11. The van der Waals surface area contributed by atoms with Gasteiger partial charge in [-0.25, -0.2) is 4.79 Å². The second-order valence-electron chi connectivity index (χ2n) is 3.47. The van der Waals surface area contributed by atoms with Gasteiger partial charge in [0.2, 0.25) is 0 Å². The number of esters is 1. The van der Waals surface area contributed by atoms with Gasteiger partial charge in [0, 0.05) is 16.5 Å². The molecule has 1 aromatic rings. The number of nitrogens with one attached hydrogen (secondary N) is 1. The van der Waals surface area contributed by atoms with Crippen molar-refractivity contribution in [2.75, 3.05) is 7.11 Å². The van der Waals surface area contributed by atoms with Gasteiger partial charge in [0.25, 0.3) is 5.91 Å². The fraction of sp³-hybridized carbons (Fsp3) is 0.231. The number of carbonyl (C=O) groups excluding carboxylic acids is 2. The predicted octanol–water partition coefficient (Wildman–Crippen LogP) is 1.74. The van der Waals surface area contributed by atoms with Crippen LogP contribution in [0, 0.1) is 12.3 Å². The Kier molecular flexibility index (Phi) is 5.40. The van der Waals surface area contributed by atoms with Crippen LogP contribution in [-0.4, -0.2) is 25.0 Å². The molecule has 0 aliphatic heterocycles. The van der Waals surface area contributed by atoms with E-state index in [0.717, 1.165) is 4.47 Å². The van der Waals surface area contributed by atoms with E-state index >= 15 is 0 Å². The van der Waals surface area contributed by atoms with Crippen molar-refractivity contribution >= 4 is 27.8 Å². The van der Waals surface area contributed by atoms with Crippen LogP contribution in [0.1, 0.15) is 16.8 Å². The van der Waals surface area contributed by atoms with E-state index in [2.05, 4.69) is 31.9 Å². The first-order chi connectivity index (χ1) is 8.58. The van der Waals surface area contributed by atoms with Crippen LogP contribution in [0.2, 0.25) is 0 Å². The first kappa shape index (κ1) is 14.3. The second-order valence-corrected chi connectivity index (χ2v) is 4.38. The van der Waals surface area contributed by atoms with Crippen molar-refractivity contribution in [3.63, 3.8) is 0 Å². The Balaban J connectivity index is 2.79. The molecular formula is C13H12BrNO3. The predicted molar refractivity (Wildman–Crippen MR) is 70.9 cm³/mol. The second kappa shape index (κ2) is 6.82. The van der Waals surface area contributed by atoms with E-state index in [0.29, 0.717) is 5.56 Å². The standard InChI is InChI=1S/C13H12BrNO3/c1-3-5-11(13(17)18-2)15-12(16)9-6-4-7-10(14)8-9/h1,4,6-8,11H,5H2,2H3,(H,15,16)/t11-/m1/s1. The highest BCUT2D eigenvalue weighted by Gasteiger charge is 2.21. The number of hydrogen-bond donors (Lipinski definition) is 1. The van der Waals surface area contributed by atoms with Gasteiger partial charge in [0.15, 0.2) is 0 Å². The molecule has 0 aliphatic rings. The lowest BCUT2D eigenvalue weighted by atomic mass is 10.1. The van der Waals surface area contributed by atoms with Crippen LogP contribution in [-0.2, 0) is 9.53 Å². The van der Waals surface area contributed by atoms with Crippen molar-refractivity contribution in [3.05, 3.63) is 34.3 Å². The molecule has 0 unspecified atom stereocenters. The van der Waals surface area contributed by atoms with Gasteiger partial charge in [-0.1, -0.05) is 22.0 Å².